The van der Waals surface area contributed by atoms with Crippen molar-refractivity contribution in [1.29, 1.82) is 0 Å². The van der Waals surface area contributed by atoms with Crippen molar-refractivity contribution >= 4 is 40.4 Å². The van der Waals surface area contributed by atoms with Gasteiger partial charge in [0, 0.05) is 0 Å². The molecular formula is C19H19BrOP+. The molecule has 1 nitrogen and oxygen atoms in total. The zero-order valence-electron chi connectivity index (χ0n) is 12.4. The summed E-state index contributed by atoms with van der Waals surface area (Å²) < 4.78 is 6.21. The predicted molar refractivity (Wildman–Crippen MR) is 102 cm³/mol. The summed E-state index contributed by atoms with van der Waals surface area (Å²) in [4.78, 5) is 0. The third-order valence-electron chi connectivity index (χ3n) is 3.63. The maximum absolute atomic E-state index is 6.21. The quantitative estimate of drug-likeness (QED) is 0.625. The van der Waals surface area contributed by atoms with Crippen LogP contribution in [0.5, 0.6) is 0 Å². The first-order valence-corrected chi connectivity index (χ1v) is 8.70. The summed E-state index contributed by atoms with van der Waals surface area (Å²) in [5.74, 6) is 0. The van der Waals surface area contributed by atoms with E-state index in [1.807, 2.05) is 25.3 Å². The van der Waals surface area contributed by atoms with Gasteiger partial charge in [-0.3, -0.25) is 0 Å². The highest BCUT2D eigenvalue weighted by molar-refractivity contribution is 8.93. The van der Waals surface area contributed by atoms with Gasteiger partial charge in [-0.15, -0.1) is 17.0 Å². The molecule has 0 saturated carbocycles. The highest BCUT2D eigenvalue weighted by atomic mass is 79.9. The molecule has 0 unspecified atom stereocenters. The van der Waals surface area contributed by atoms with Gasteiger partial charge >= 0.3 is 0 Å². The van der Waals surface area contributed by atoms with Crippen LogP contribution in [0.25, 0.3) is 0 Å². The SMILES string of the molecule is Br.CO[P+](c1ccccc1)(c1ccccc1)c1ccccc1. The molecule has 0 heterocycles. The summed E-state index contributed by atoms with van der Waals surface area (Å²) in [6.45, 7) is 0. The minimum atomic E-state index is -2.03. The average molecular weight is 374 g/mol. The van der Waals surface area contributed by atoms with Gasteiger partial charge in [-0.05, 0) is 36.4 Å². The molecule has 3 heteroatoms. The van der Waals surface area contributed by atoms with Gasteiger partial charge in [0.05, 0.1) is 7.11 Å². The molecule has 112 valence electrons. The zero-order valence-corrected chi connectivity index (χ0v) is 15.0. The van der Waals surface area contributed by atoms with Crippen LogP contribution in [0.2, 0.25) is 0 Å². The second-order valence-electron chi connectivity index (χ2n) is 4.80. The fourth-order valence-corrected chi connectivity index (χ4v) is 5.98. The van der Waals surface area contributed by atoms with Crippen molar-refractivity contribution < 1.29 is 4.52 Å². The van der Waals surface area contributed by atoms with Crippen LogP contribution in [0, 0.1) is 0 Å². The predicted octanol–water partition coefficient (Wildman–Crippen LogP) is 4.12. The fraction of sp³-hybridized carbons (Fsp3) is 0.0526. The number of rotatable bonds is 4. The lowest BCUT2D eigenvalue weighted by Gasteiger charge is -2.23. The maximum Gasteiger partial charge on any atom is 0.241 e. The Morgan fingerprint density at radius 3 is 1.05 bits per heavy atom. The van der Waals surface area contributed by atoms with Crippen molar-refractivity contribution in [3.63, 3.8) is 0 Å². The highest BCUT2D eigenvalue weighted by Gasteiger charge is 2.46. The third kappa shape index (κ3) is 3.01. The summed E-state index contributed by atoms with van der Waals surface area (Å²) in [5.41, 5.74) is 0. The number of benzene rings is 3. The van der Waals surface area contributed by atoms with Gasteiger partial charge in [0.1, 0.15) is 15.9 Å². The lowest BCUT2D eigenvalue weighted by molar-refractivity contribution is 0.466. The molecule has 3 aromatic rings. The molecular weight excluding hydrogens is 355 g/mol. The highest BCUT2D eigenvalue weighted by Crippen LogP contribution is 2.55. The monoisotopic (exact) mass is 373 g/mol. The Hall–Kier alpha value is -1.47. The van der Waals surface area contributed by atoms with E-state index >= 15 is 0 Å². The van der Waals surface area contributed by atoms with Crippen LogP contribution in [0.4, 0.5) is 0 Å². The van der Waals surface area contributed by atoms with Crippen LogP contribution in [-0.2, 0) is 4.52 Å². The Balaban J connectivity index is 0.00000176. The Labute approximate surface area is 143 Å². The molecule has 0 aromatic heterocycles. The Morgan fingerprint density at radius 1 is 0.545 bits per heavy atom. The first kappa shape index (κ1) is 16.9. The molecule has 0 aliphatic rings. The molecule has 0 spiro atoms. The van der Waals surface area contributed by atoms with Gasteiger partial charge in [-0.2, -0.15) is 0 Å². The number of halogens is 1. The van der Waals surface area contributed by atoms with Gasteiger partial charge in [-0.1, -0.05) is 54.6 Å². The van der Waals surface area contributed by atoms with E-state index in [1.165, 1.54) is 15.9 Å². The molecule has 3 rings (SSSR count). The topological polar surface area (TPSA) is 9.23 Å². The third-order valence-corrected chi connectivity index (χ3v) is 7.26. The lowest BCUT2D eigenvalue weighted by Crippen LogP contribution is -2.32. The molecule has 0 radical (unpaired) electrons. The van der Waals surface area contributed by atoms with Crippen molar-refractivity contribution in [1.82, 2.24) is 0 Å². The van der Waals surface area contributed by atoms with E-state index < -0.39 is 7.49 Å². The van der Waals surface area contributed by atoms with Crippen LogP contribution < -0.4 is 15.9 Å². The molecule has 0 N–H and O–H groups in total. The summed E-state index contributed by atoms with van der Waals surface area (Å²) in [5, 5.41) is 3.72. The van der Waals surface area contributed by atoms with Crippen LogP contribution in [0.3, 0.4) is 0 Å². The van der Waals surface area contributed by atoms with Crippen molar-refractivity contribution in [2.45, 2.75) is 0 Å². The molecule has 0 amide bonds. The molecule has 3 aromatic carbocycles. The van der Waals surface area contributed by atoms with Crippen molar-refractivity contribution in [3.8, 4) is 0 Å². The Kier molecular flexibility index (Phi) is 5.90. The van der Waals surface area contributed by atoms with E-state index in [2.05, 4.69) is 72.8 Å². The number of hydrogen-bond acceptors (Lipinski definition) is 1. The Morgan fingerprint density at radius 2 is 0.818 bits per heavy atom. The summed E-state index contributed by atoms with van der Waals surface area (Å²) in [7, 11) is -0.214. The van der Waals surface area contributed by atoms with Crippen molar-refractivity contribution in [2.24, 2.45) is 0 Å². The second kappa shape index (κ2) is 7.69. The minimum absolute atomic E-state index is 0. The van der Waals surface area contributed by atoms with E-state index in [9.17, 15) is 0 Å². The van der Waals surface area contributed by atoms with E-state index in [4.69, 9.17) is 4.52 Å². The lowest BCUT2D eigenvalue weighted by atomic mass is 10.4. The standard InChI is InChI=1S/C19H18OP.BrH/c1-20-21(17-11-5-2-6-12-17,18-13-7-3-8-14-18)19-15-9-4-10-16-19;/h2-16H,1H3;1H/q+1;. The normalized spacial score (nSPS) is 10.8. The second-order valence-corrected chi connectivity index (χ2v) is 7.93. The van der Waals surface area contributed by atoms with Crippen LogP contribution >= 0.6 is 24.5 Å². The number of hydrogen-bond donors (Lipinski definition) is 0. The van der Waals surface area contributed by atoms with Crippen molar-refractivity contribution in [3.05, 3.63) is 91.0 Å². The zero-order chi connectivity index (χ0) is 14.5. The van der Waals surface area contributed by atoms with Crippen LogP contribution in [0.1, 0.15) is 0 Å². The van der Waals surface area contributed by atoms with Crippen LogP contribution in [0.15, 0.2) is 91.0 Å². The first-order chi connectivity index (χ1) is 10.4. The molecule has 0 bridgehead atoms. The first-order valence-electron chi connectivity index (χ1n) is 6.99. The van der Waals surface area contributed by atoms with E-state index in [0.717, 1.165) is 0 Å². The molecule has 0 fully saturated rings. The molecule has 0 aliphatic heterocycles. The summed E-state index contributed by atoms with van der Waals surface area (Å²) in [6, 6.07) is 31.6. The molecule has 0 saturated heterocycles. The summed E-state index contributed by atoms with van der Waals surface area (Å²) >= 11 is 0. The fourth-order valence-electron chi connectivity index (χ4n) is 2.68. The Bertz CT molecular complexity index is 590. The average Bonchev–Trinajstić information content (AvgIpc) is 2.59. The van der Waals surface area contributed by atoms with E-state index in [0.29, 0.717) is 0 Å². The molecule has 0 aliphatic carbocycles. The van der Waals surface area contributed by atoms with Crippen LogP contribution in [-0.4, -0.2) is 7.11 Å². The van der Waals surface area contributed by atoms with E-state index in [-0.39, 0.29) is 17.0 Å². The summed E-state index contributed by atoms with van der Waals surface area (Å²) in [6.07, 6.45) is 0. The van der Waals surface area contributed by atoms with Gasteiger partial charge in [-0.25, -0.2) is 4.52 Å². The van der Waals surface area contributed by atoms with Gasteiger partial charge < -0.3 is 0 Å². The largest absolute Gasteiger partial charge is 0.241 e. The van der Waals surface area contributed by atoms with Gasteiger partial charge in [0.2, 0.25) is 7.49 Å². The molecule has 22 heavy (non-hydrogen) atoms. The van der Waals surface area contributed by atoms with Crippen molar-refractivity contribution in [2.75, 3.05) is 7.11 Å². The maximum atomic E-state index is 6.21. The molecule has 0 atom stereocenters. The van der Waals surface area contributed by atoms with Gasteiger partial charge in [0.25, 0.3) is 0 Å². The van der Waals surface area contributed by atoms with E-state index in [1.54, 1.807) is 0 Å². The minimum Gasteiger partial charge on any atom is -0.225 e. The smallest absolute Gasteiger partial charge is 0.225 e. The van der Waals surface area contributed by atoms with Gasteiger partial charge in [0.15, 0.2) is 0 Å².